The maximum absolute atomic E-state index is 4.05. The van der Waals surface area contributed by atoms with Gasteiger partial charge < -0.3 is 5.32 Å². The summed E-state index contributed by atoms with van der Waals surface area (Å²) in [5.41, 5.74) is 1.37. The van der Waals surface area contributed by atoms with Crippen molar-refractivity contribution in [1.82, 2.24) is 15.2 Å². The number of nitrogens with one attached hydrogen (secondary N) is 1. The lowest BCUT2D eigenvalue weighted by molar-refractivity contribution is 0.131. The van der Waals surface area contributed by atoms with Crippen molar-refractivity contribution >= 4 is 0 Å². The molecule has 1 aliphatic rings. The first-order chi connectivity index (χ1) is 7.79. The van der Waals surface area contributed by atoms with Gasteiger partial charge in [-0.05, 0) is 44.5 Å². The number of hydrogen-bond acceptors (Lipinski definition) is 3. The Labute approximate surface area is 97.9 Å². The smallest absolute Gasteiger partial charge is 0.0271 e. The molecule has 2 heterocycles. The average Bonchev–Trinajstić information content (AvgIpc) is 2.33. The van der Waals surface area contributed by atoms with Crippen LogP contribution in [0.3, 0.4) is 0 Å². The van der Waals surface area contributed by atoms with Crippen LogP contribution in [0.2, 0.25) is 0 Å². The van der Waals surface area contributed by atoms with Gasteiger partial charge in [0.05, 0.1) is 0 Å². The molecule has 3 nitrogen and oxygen atoms in total. The normalized spacial score (nSPS) is 26.9. The maximum Gasteiger partial charge on any atom is 0.0271 e. The molecule has 88 valence electrons. The van der Waals surface area contributed by atoms with Gasteiger partial charge in [0, 0.05) is 37.6 Å². The molecular formula is C13H21N3. The van der Waals surface area contributed by atoms with Crippen LogP contribution in [-0.4, -0.2) is 35.6 Å². The van der Waals surface area contributed by atoms with Gasteiger partial charge in [0.1, 0.15) is 0 Å². The number of hydrogen-bond donors (Lipinski definition) is 1. The summed E-state index contributed by atoms with van der Waals surface area (Å²) in [5.74, 6) is 0. The second-order valence-electron chi connectivity index (χ2n) is 4.68. The lowest BCUT2D eigenvalue weighted by Gasteiger charge is -2.37. The van der Waals surface area contributed by atoms with Crippen molar-refractivity contribution in [2.75, 3.05) is 13.6 Å². The van der Waals surface area contributed by atoms with Crippen molar-refractivity contribution in [3.8, 4) is 0 Å². The predicted octanol–water partition coefficient (Wildman–Crippen LogP) is 1.65. The number of rotatable bonds is 3. The fourth-order valence-corrected chi connectivity index (χ4v) is 2.44. The van der Waals surface area contributed by atoms with Crippen LogP contribution >= 0.6 is 0 Å². The van der Waals surface area contributed by atoms with Crippen LogP contribution in [0.4, 0.5) is 0 Å². The van der Waals surface area contributed by atoms with Gasteiger partial charge in [0.15, 0.2) is 0 Å². The van der Waals surface area contributed by atoms with E-state index in [1.807, 2.05) is 12.4 Å². The Hall–Kier alpha value is -0.930. The first-order valence-corrected chi connectivity index (χ1v) is 6.10. The summed E-state index contributed by atoms with van der Waals surface area (Å²) in [6, 6.07) is 5.58. The molecule has 1 aromatic heterocycles. The quantitative estimate of drug-likeness (QED) is 0.838. The number of likely N-dealkylation sites (tertiary alicyclic amines) is 1. The zero-order chi connectivity index (χ0) is 11.4. The molecule has 16 heavy (non-hydrogen) atoms. The molecule has 0 saturated carbocycles. The van der Waals surface area contributed by atoms with E-state index in [4.69, 9.17) is 0 Å². The van der Waals surface area contributed by atoms with E-state index in [1.165, 1.54) is 24.9 Å². The molecule has 0 aromatic carbocycles. The van der Waals surface area contributed by atoms with Gasteiger partial charge in [-0.3, -0.25) is 9.88 Å². The van der Waals surface area contributed by atoms with Crippen molar-refractivity contribution in [3.63, 3.8) is 0 Å². The number of piperidine rings is 1. The molecule has 2 unspecified atom stereocenters. The molecule has 1 fully saturated rings. The van der Waals surface area contributed by atoms with E-state index in [2.05, 4.69) is 41.3 Å². The van der Waals surface area contributed by atoms with Crippen molar-refractivity contribution < 1.29 is 0 Å². The summed E-state index contributed by atoms with van der Waals surface area (Å²) in [6.07, 6.45) is 6.26. The number of pyridine rings is 1. The monoisotopic (exact) mass is 219 g/mol. The van der Waals surface area contributed by atoms with Gasteiger partial charge in [0.25, 0.3) is 0 Å². The maximum atomic E-state index is 4.05. The molecule has 2 atom stereocenters. The Kier molecular flexibility index (Phi) is 3.91. The minimum atomic E-state index is 0.666. The van der Waals surface area contributed by atoms with Gasteiger partial charge in [-0.2, -0.15) is 0 Å². The van der Waals surface area contributed by atoms with Crippen LogP contribution < -0.4 is 5.32 Å². The molecule has 3 heteroatoms. The predicted molar refractivity (Wildman–Crippen MR) is 66.2 cm³/mol. The van der Waals surface area contributed by atoms with Crippen molar-refractivity contribution in [1.29, 1.82) is 0 Å². The third kappa shape index (κ3) is 2.80. The summed E-state index contributed by atoms with van der Waals surface area (Å²) in [6.45, 7) is 4.57. The van der Waals surface area contributed by atoms with Gasteiger partial charge in [-0.1, -0.05) is 0 Å². The lowest BCUT2D eigenvalue weighted by atomic mass is 9.98. The largest absolute Gasteiger partial charge is 0.317 e. The van der Waals surface area contributed by atoms with E-state index in [0.717, 1.165) is 6.54 Å². The fourth-order valence-electron chi connectivity index (χ4n) is 2.44. The first kappa shape index (κ1) is 11.6. The molecule has 1 aromatic rings. The van der Waals surface area contributed by atoms with Crippen LogP contribution in [0.1, 0.15) is 25.3 Å². The third-order valence-electron chi connectivity index (χ3n) is 3.56. The van der Waals surface area contributed by atoms with Crippen LogP contribution in [0.15, 0.2) is 24.5 Å². The summed E-state index contributed by atoms with van der Waals surface area (Å²) in [7, 11) is 2.07. The molecule has 1 saturated heterocycles. The Bertz CT molecular complexity index is 312. The molecule has 2 rings (SSSR count). The van der Waals surface area contributed by atoms with Crippen molar-refractivity contribution in [3.05, 3.63) is 30.1 Å². The zero-order valence-electron chi connectivity index (χ0n) is 10.2. The van der Waals surface area contributed by atoms with Crippen LogP contribution in [0.25, 0.3) is 0 Å². The first-order valence-electron chi connectivity index (χ1n) is 6.10. The topological polar surface area (TPSA) is 28.2 Å². The standard InChI is InChI=1S/C13H21N3/c1-11-9-13(14-2)5-8-16(11)10-12-3-6-15-7-4-12/h3-4,6-7,11,13-14H,5,8-10H2,1-2H3. The molecule has 1 N–H and O–H groups in total. The van der Waals surface area contributed by atoms with Gasteiger partial charge in [-0.15, -0.1) is 0 Å². The molecule has 0 aliphatic carbocycles. The van der Waals surface area contributed by atoms with Gasteiger partial charge in [-0.25, -0.2) is 0 Å². The molecular weight excluding hydrogens is 198 g/mol. The van der Waals surface area contributed by atoms with E-state index < -0.39 is 0 Å². The molecule has 0 bridgehead atoms. The van der Waals surface area contributed by atoms with E-state index in [1.54, 1.807) is 0 Å². The van der Waals surface area contributed by atoms with Gasteiger partial charge >= 0.3 is 0 Å². The Morgan fingerprint density at radius 1 is 1.44 bits per heavy atom. The van der Waals surface area contributed by atoms with E-state index in [9.17, 15) is 0 Å². The Balaban J connectivity index is 1.92. The highest BCUT2D eigenvalue weighted by atomic mass is 15.2. The van der Waals surface area contributed by atoms with E-state index in [0.29, 0.717) is 12.1 Å². The molecule has 0 spiro atoms. The average molecular weight is 219 g/mol. The lowest BCUT2D eigenvalue weighted by Crippen LogP contribution is -2.46. The molecule has 0 amide bonds. The Morgan fingerprint density at radius 2 is 2.19 bits per heavy atom. The van der Waals surface area contributed by atoms with Crippen molar-refractivity contribution in [2.24, 2.45) is 0 Å². The molecule has 1 aliphatic heterocycles. The second-order valence-corrected chi connectivity index (χ2v) is 4.68. The highest BCUT2D eigenvalue weighted by Gasteiger charge is 2.23. The summed E-state index contributed by atoms with van der Waals surface area (Å²) >= 11 is 0. The van der Waals surface area contributed by atoms with Gasteiger partial charge in [0.2, 0.25) is 0 Å². The van der Waals surface area contributed by atoms with E-state index >= 15 is 0 Å². The van der Waals surface area contributed by atoms with Crippen molar-refractivity contribution in [2.45, 2.75) is 38.4 Å². The fraction of sp³-hybridized carbons (Fsp3) is 0.615. The second kappa shape index (κ2) is 5.41. The summed E-state index contributed by atoms with van der Waals surface area (Å²) in [5, 5.41) is 3.38. The van der Waals surface area contributed by atoms with Crippen LogP contribution in [-0.2, 0) is 6.54 Å². The SMILES string of the molecule is CNC1CCN(Cc2ccncc2)C(C)C1. The van der Waals surface area contributed by atoms with Crippen LogP contribution in [0.5, 0.6) is 0 Å². The third-order valence-corrected chi connectivity index (χ3v) is 3.56. The number of aromatic nitrogens is 1. The van der Waals surface area contributed by atoms with Crippen LogP contribution in [0, 0.1) is 0 Å². The summed E-state index contributed by atoms with van der Waals surface area (Å²) in [4.78, 5) is 6.61. The molecule has 0 radical (unpaired) electrons. The highest BCUT2D eigenvalue weighted by Crippen LogP contribution is 2.19. The van der Waals surface area contributed by atoms with E-state index in [-0.39, 0.29) is 0 Å². The minimum absolute atomic E-state index is 0.666. The minimum Gasteiger partial charge on any atom is -0.317 e. The summed E-state index contributed by atoms with van der Waals surface area (Å²) < 4.78 is 0. The Morgan fingerprint density at radius 3 is 2.81 bits per heavy atom. The zero-order valence-corrected chi connectivity index (χ0v) is 10.2. The highest BCUT2D eigenvalue weighted by molar-refractivity contribution is 5.09. The number of nitrogens with zero attached hydrogens (tertiary/aromatic N) is 2.